The lowest BCUT2D eigenvalue weighted by Crippen LogP contribution is -2.21. The zero-order valence-electron chi connectivity index (χ0n) is 22.0. The molecule has 7 nitrogen and oxygen atoms in total. The number of anilines is 1. The van der Waals surface area contributed by atoms with Crippen LogP contribution in [0, 0.1) is 0 Å². The van der Waals surface area contributed by atoms with Crippen LogP contribution >= 0.6 is 11.6 Å². The molecule has 1 aliphatic heterocycles. The SMILES string of the molecule is C=CCc1cc(/C=C2\C(=O)N(c3ccccc3)N=C2c2ccccc2)cc(OC)c1OS(=O)(=O)c1ccc(Cl)cc1. The molecule has 0 aromatic heterocycles. The van der Waals surface area contributed by atoms with E-state index in [-0.39, 0.29) is 28.7 Å². The van der Waals surface area contributed by atoms with E-state index in [4.69, 9.17) is 20.5 Å². The molecule has 1 aliphatic rings. The molecule has 0 aliphatic carbocycles. The molecule has 0 saturated carbocycles. The molecule has 0 bridgehead atoms. The molecule has 41 heavy (non-hydrogen) atoms. The van der Waals surface area contributed by atoms with Crippen LogP contribution < -0.4 is 13.9 Å². The third-order valence-corrected chi connectivity index (χ3v) is 7.76. The Morgan fingerprint density at radius 1 is 0.951 bits per heavy atom. The van der Waals surface area contributed by atoms with Crippen LogP contribution in [0.5, 0.6) is 11.5 Å². The van der Waals surface area contributed by atoms with Crippen LogP contribution in [-0.2, 0) is 21.3 Å². The van der Waals surface area contributed by atoms with Crippen LogP contribution in [0.15, 0.2) is 125 Å². The monoisotopic (exact) mass is 584 g/mol. The quantitative estimate of drug-likeness (QED) is 0.124. The fourth-order valence-electron chi connectivity index (χ4n) is 4.34. The normalized spacial score (nSPS) is 14.2. The van der Waals surface area contributed by atoms with Gasteiger partial charge in [-0.1, -0.05) is 66.2 Å². The minimum absolute atomic E-state index is 0.0325. The van der Waals surface area contributed by atoms with Gasteiger partial charge in [-0.05, 0) is 66.6 Å². The molecule has 5 rings (SSSR count). The number of nitrogens with zero attached hydrogens (tertiary/aromatic N) is 2. The maximum Gasteiger partial charge on any atom is 0.339 e. The van der Waals surface area contributed by atoms with Crippen LogP contribution in [0.3, 0.4) is 0 Å². The minimum atomic E-state index is -4.20. The maximum atomic E-state index is 13.7. The number of benzene rings is 4. The number of rotatable bonds is 9. The number of amides is 1. The Bertz CT molecular complexity index is 1770. The first-order valence-electron chi connectivity index (χ1n) is 12.6. The molecule has 4 aromatic rings. The fourth-order valence-corrected chi connectivity index (χ4v) is 5.44. The summed E-state index contributed by atoms with van der Waals surface area (Å²) in [6.07, 6.45) is 3.62. The molecule has 0 radical (unpaired) electrons. The topological polar surface area (TPSA) is 85.3 Å². The van der Waals surface area contributed by atoms with Gasteiger partial charge in [0.25, 0.3) is 5.91 Å². The van der Waals surface area contributed by atoms with E-state index in [9.17, 15) is 13.2 Å². The minimum Gasteiger partial charge on any atom is -0.493 e. The number of carbonyl (C=O) groups excluding carboxylic acids is 1. The van der Waals surface area contributed by atoms with Crippen LogP contribution in [0.2, 0.25) is 5.02 Å². The molecule has 0 N–H and O–H groups in total. The highest BCUT2D eigenvalue weighted by molar-refractivity contribution is 7.87. The lowest BCUT2D eigenvalue weighted by molar-refractivity contribution is -0.114. The summed E-state index contributed by atoms with van der Waals surface area (Å²) in [6, 6.07) is 27.6. The van der Waals surface area contributed by atoms with E-state index >= 15 is 0 Å². The van der Waals surface area contributed by atoms with E-state index in [0.717, 1.165) is 5.56 Å². The number of hydrogen-bond donors (Lipinski definition) is 0. The smallest absolute Gasteiger partial charge is 0.339 e. The zero-order chi connectivity index (χ0) is 29.0. The number of para-hydroxylation sites is 1. The Kier molecular flexibility index (Phi) is 8.05. The Labute approximate surface area is 243 Å². The molecule has 0 unspecified atom stereocenters. The van der Waals surface area contributed by atoms with Crippen molar-refractivity contribution in [2.24, 2.45) is 5.10 Å². The third kappa shape index (κ3) is 5.94. The largest absolute Gasteiger partial charge is 0.493 e. The Hall–Kier alpha value is -4.66. The molecule has 1 amide bonds. The molecular formula is C32H25ClN2O5S. The van der Waals surface area contributed by atoms with Crippen LogP contribution in [0.1, 0.15) is 16.7 Å². The summed E-state index contributed by atoms with van der Waals surface area (Å²) in [7, 11) is -2.78. The number of hydrazone groups is 1. The summed E-state index contributed by atoms with van der Waals surface area (Å²) in [5.74, 6) is -0.0904. The molecule has 0 spiro atoms. The van der Waals surface area contributed by atoms with Gasteiger partial charge in [-0.2, -0.15) is 18.5 Å². The standard InChI is InChI=1S/C32H25ClN2O5S/c1-3-10-24-19-22(21-29(39-2)31(24)40-41(37,38)27-17-15-25(33)16-18-27)20-28-30(23-11-6-4-7-12-23)34-35(32(28)36)26-13-8-5-9-14-26/h3-9,11-21H,1,10H2,2H3/b28-20-. The third-order valence-electron chi connectivity index (χ3n) is 6.27. The number of hydrogen-bond acceptors (Lipinski definition) is 6. The van der Waals surface area contributed by atoms with Gasteiger partial charge in [-0.3, -0.25) is 4.79 Å². The zero-order valence-corrected chi connectivity index (χ0v) is 23.6. The Balaban J connectivity index is 1.59. The molecule has 0 saturated heterocycles. The predicted molar refractivity (Wildman–Crippen MR) is 161 cm³/mol. The van der Waals surface area contributed by atoms with Gasteiger partial charge < -0.3 is 8.92 Å². The van der Waals surface area contributed by atoms with E-state index in [1.54, 1.807) is 24.3 Å². The predicted octanol–water partition coefficient (Wildman–Crippen LogP) is 6.68. The molecular weight excluding hydrogens is 560 g/mol. The average Bonchev–Trinajstić information content (AvgIpc) is 3.31. The van der Waals surface area contributed by atoms with Crippen molar-refractivity contribution < 1.29 is 22.1 Å². The molecule has 0 atom stereocenters. The van der Waals surface area contributed by atoms with Gasteiger partial charge in [0.05, 0.1) is 18.4 Å². The Morgan fingerprint density at radius 3 is 2.24 bits per heavy atom. The van der Waals surface area contributed by atoms with Crippen molar-refractivity contribution in [1.82, 2.24) is 0 Å². The molecule has 0 fully saturated rings. The van der Waals surface area contributed by atoms with Gasteiger partial charge in [0.15, 0.2) is 11.5 Å². The molecule has 206 valence electrons. The van der Waals surface area contributed by atoms with Crippen molar-refractivity contribution in [2.45, 2.75) is 11.3 Å². The van der Waals surface area contributed by atoms with E-state index in [2.05, 4.69) is 11.7 Å². The number of ether oxygens (including phenoxy) is 1. The summed E-state index contributed by atoms with van der Waals surface area (Å²) in [6.45, 7) is 3.80. The van der Waals surface area contributed by atoms with Crippen LogP contribution in [-0.4, -0.2) is 27.1 Å². The highest BCUT2D eigenvalue weighted by Crippen LogP contribution is 2.37. The second kappa shape index (κ2) is 11.8. The maximum absolute atomic E-state index is 13.7. The number of allylic oxidation sites excluding steroid dienone is 1. The summed E-state index contributed by atoms with van der Waals surface area (Å²) in [5, 5.41) is 6.43. The van der Waals surface area contributed by atoms with Crippen molar-refractivity contribution in [3.05, 3.63) is 137 Å². The van der Waals surface area contributed by atoms with Crippen LogP contribution in [0.25, 0.3) is 6.08 Å². The summed E-state index contributed by atoms with van der Waals surface area (Å²) < 4.78 is 37.3. The van der Waals surface area contributed by atoms with Gasteiger partial charge in [0, 0.05) is 16.1 Å². The second-order valence-corrected chi connectivity index (χ2v) is 11.0. The summed E-state index contributed by atoms with van der Waals surface area (Å²) >= 11 is 5.92. The molecule has 1 heterocycles. The van der Waals surface area contributed by atoms with E-state index in [1.165, 1.54) is 36.4 Å². The van der Waals surface area contributed by atoms with Gasteiger partial charge in [-0.25, -0.2) is 0 Å². The fraction of sp³-hybridized carbons (Fsp3) is 0.0625. The van der Waals surface area contributed by atoms with Gasteiger partial charge in [0.2, 0.25) is 0 Å². The lowest BCUT2D eigenvalue weighted by atomic mass is 9.98. The molecule has 9 heteroatoms. The highest BCUT2D eigenvalue weighted by atomic mass is 35.5. The number of halogens is 1. The summed E-state index contributed by atoms with van der Waals surface area (Å²) in [4.78, 5) is 13.6. The van der Waals surface area contributed by atoms with Gasteiger partial charge in [0.1, 0.15) is 10.6 Å². The van der Waals surface area contributed by atoms with E-state index < -0.39 is 10.1 Å². The number of methoxy groups -OCH3 is 1. The highest BCUT2D eigenvalue weighted by Gasteiger charge is 2.32. The van der Waals surface area contributed by atoms with Crippen molar-refractivity contribution >= 4 is 45.1 Å². The lowest BCUT2D eigenvalue weighted by Gasteiger charge is -2.16. The van der Waals surface area contributed by atoms with E-state index in [1.807, 2.05) is 60.7 Å². The van der Waals surface area contributed by atoms with Gasteiger partial charge >= 0.3 is 10.1 Å². The molecule has 4 aromatic carbocycles. The van der Waals surface area contributed by atoms with Crippen LogP contribution in [0.4, 0.5) is 5.69 Å². The van der Waals surface area contributed by atoms with E-state index in [0.29, 0.717) is 33.1 Å². The first-order chi connectivity index (χ1) is 19.8. The van der Waals surface area contributed by atoms with Gasteiger partial charge in [-0.15, -0.1) is 6.58 Å². The second-order valence-electron chi connectivity index (χ2n) is 9.02. The first-order valence-corrected chi connectivity index (χ1v) is 14.4. The van der Waals surface area contributed by atoms with Crippen molar-refractivity contribution in [1.29, 1.82) is 0 Å². The Morgan fingerprint density at radius 2 is 1.61 bits per heavy atom. The first kappa shape index (κ1) is 27.9. The average molecular weight is 585 g/mol. The van der Waals surface area contributed by atoms with Crippen molar-refractivity contribution in [2.75, 3.05) is 12.1 Å². The number of carbonyl (C=O) groups is 1. The van der Waals surface area contributed by atoms with Crippen molar-refractivity contribution in [3.63, 3.8) is 0 Å². The van der Waals surface area contributed by atoms with Crippen molar-refractivity contribution in [3.8, 4) is 11.5 Å². The summed E-state index contributed by atoms with van der Waals surface area (Å²) in [5.41, 5.74) is 3.39.